The predicted octanol–water partition coefficient (Wildman–Crippen LogP) is 3.01. The molecule has 0 fully saturated rings. The summed E-state index contributed by atoms with van der Waals surface area (Å²) < 4.78 is 11.7. The lowest BCUT2D eigenvalue weighted by atomic mass is 10.1. The van der Waals surface area contributed by atoms with Crippen molar-refractivity contribution in [1.29, 1.82) is 0 Å². The highest BCUT2D eigenvalue weighted by Crippen LogP contribution is 2.31. The molecule has 0 saturated carbocycles. The minimum Gasteiger partial charge on any atom is -0.486 e. The minimum atomic E-state index is -0.186. The number of pyridine rings is 1. The third kappa shape index (κ3) is 4.21. The van der Waals surface area contributed by atoms with Crippen molar-refractivity contribution < 1.29 is 14.3 Å². The Morgan fingerprint density at radius 2 is 2.12 bits per heavy atom. The zero-order valence-corrected chi connectivity index (χ0v) is 14.5. The van der Waals surface area contributed by atoms with Crippen molar-refractivity contribution >= 4 is 6.03 Å². The Balaban J connectivity index is 1.58. The van der Waals surface area contributed by atoms with Gasteiger partial charge in [0.2, 0.25) is 0 Å². The van der Waals surface area contributed by atoms with E-state index in [0.717, 1.165) is 17.1 Å². The van der Waals surface area contributed by atoms with Crippen LogP contribution in [0.3, 0.4) is 0 Å². The lowest BCUT2D eigenvalue weighted by Gasteiger charge is -2.31. The molecule has 2 aromatic rings. The van der Waals surface area contributed by atoms with Crippen LogP contribution in [0.5, 0.6) is 11.5 Å². The number of aromatic nitrogens is 1. The SMILES string of the molecule is CCN(C[C@@H]1COc2ccccc2O1)C(=O)N[C@H](C)c1cccnc1. The highest BCUT2D eigenvalue weighted by atomic mass is 16.6. The Hall–Kier alpha value is -2.76. The van der Waals surface area contributed by atoms with Crippen molar-refractivity contribution in [3.63, 3.8) is 0 Å². The van der Waals surface area contributed by atoms with Gasteiger partial charge in [-0.1, -0.05) is 18.2 Å². The summed E-state index contributed by atoms with van der Waals surface area (Å²) in [6.07, 6.45) is 3.29. The topological polar surface area (TPSA) is 63.7 Å². The Morgan fingerprint density at radius 3 is 2.84 bits per heavy atom. The molecule has 132 valence electrons. The molecule has 6 heteroatoms. The number of hydrogen-bond acceptors (Lipinski definition) is 4. The number of fused-ring (bicyclic) bond motifs is 1. The molecule has 0 spiro atoms. The fraction of sp³-hybridized carbons (Fsp3) is 0.368. The molecule has 0 unspecified atom stereocenters. The summed E-state index contributed by atoms with van der Waals surface area (Å²) in [5.74, 6) is 1.47. The maximum Gasteiger partial charge on any atom is 0.317 e. The first-order valence-electron chi connectivity index (χ1n) is 8.51. The third-order valence-corrected chi connectivity index (χ3v) is 4.18. The van der Waals surface area contributed by atoms with Gasteiger partial charge in [-0.15, -0.1) is 0 Å². The molecule has 2 atom stereocenters. The molecule has 6 nitrogen and oxygen atoms in total. The monoisotopic (exact) mass is 341 g/mol. The van der Waals surface area contributed by atoms with Gasteiger partial charge >= 0.3 is 6.03 Å². The number of nitrogens with one attached hydrogen (secondary N) is 1. The lowest BCUT2D eigenvalue weighted by Crippen LogP contribution is -2.47. The van der Waals surface area contributed by atoms with Gasteiger partial charge in [0.1, 0.15) is 6.61 Å². The van der Waals surface area contributed by atoms with E-state index in [-0.39, 0.29) is 18.2 Å². The number of likely N-dealkylation sites (N-methyl/N-ethyl adjacent to an activating group) is 1. The molecule has 0 aliphatic carbocycles. The van der Waals surface area contributed by atoms with Crippen molar-refractivity contribution in [1.82, 2.24) is 15.2 Å². The second kappa shape index (κ2) is 7.88. The first-order valence-corrected chi connectivity index (χ1v) is 8.51. The summed E-state index contributed by atoms with van der Waals surface area (Å²) >= 11 is 0. The zero-order valence-electron chi connectivity index (χ0n) is 14.5. The summed E-state index contributed by atoms with van der Waals surface area (Å²) in [5.41, 5.74) is 0.970. The Kier molecular flexibility index (Phi) is 5.38. The average Bonchev–Trinajstić information content (AvgIpc) is 2.66. The molecule has 1 N–H and O–H groups in total. The predicted molar refractivity (Wildman–Crippen MR) is 94.8 cm³/mol. The molecule has 0 saturated heterocycles. The van der Waals surface area contributed by atoms with Crippen LogP contribution in [0.15, 0.2) is 48.8 Å². The van der Waals surface area contributed by atoms with Crippen LogP contribution < -0.4 is 14.8 Å². The lowest BCUT2D eigenvalue weighted by molar-refractivity contribution is 0.0672. The number of carbonyl (C=O) groups is 1. The molecule has 1 aromatic heterocycles. The summed E-state index contributed by atoms with van der Waals surface area (Å²) in [7, 11) is 0. The molecule has 0 radical (unpaired) electrons. The first kappa shape index (κ1) is 17.1. The third-order valence-electron chi connectivity index (χ3n) is 4.18. The van der Waals surface area contributed by atoms with Crippen molar-refractivity contribution in [3.8, 4) is 11.5 Å². The highest BCUT2D eigenvalue weighted by molar-refractivity contribution is 5.74. The van der Waals surface area contributed by atoms with Crippen LogP contribution in [-0.2, 0) is 0 Å². The van der Waals surface area contributed by atoms with E-state index in [9.17, 15) is 4.79 Å². The van der Waals surface area contributed by atoms with Crippen LogP contribution >= 0.6 is 0 Å². The maximum atomic E-state index is 12.6. The normalized spacial score (nSPS) is 16.8. The zero-order chi connectivity index (χ0) is 17.6. The molecule has 2 heterocycles. The Bertz CT molecular complexity index is 708. The molecule has 3 rings (SSSR count). The number of ether oxygens (including phenoxy) is 2. The molecule has 2 amide bonds. The van der Waals surface area contributed by atoms with Gasteiger partial charge in [0, 0.05) is 18.9 Å². The first-order chi connectivity index (χ1) is 12.2. The van der Waals surface area contributed by atoms with E-state index < -0.39 is 0 Å². The standard InChI is InChI=1S/C19H23N3O3/c1-3-22(19(23)21-14(2)15-7-6-10-20-11-15)12-16-13-24-17-8-4-5-9-18(17)25-16/h4-11,14,16H,3,12-13H2,1-2H3,(H,21,23)/t14-,16-/m1/s1. The second-order valence-electron chi connectivity index (χ2n) is 5.99. The van der Waals surface area contributed by atoms with Crippen molar-refractivity contribution in [2.24, 2.45) is 0 Å². The van der Waals surface area contributed by atoms with Crippen LogP contribution in [0, 0.1) is 0 Å². The number of amides is 2. The number of nitrogens with zero attached hydrogens (tertiary/aromatic N) is 2. The van der Waals surface area contributed by atoms with E-state index in [1.165, 1.54) is 0 Å². The van der Waals surface area contributed by atoms with E-state index in [2.05, 4.69) is 10.3 Å². The number of hydrogen-bond donors (Lipinski definition) is 1. The van der Waals surface area contributed by atoms with E-state index in [0.29, 0.717) is 19.7 Å². The quantitative estimate of drug-likeness (QED) is 0.908. The van der Waals surface area contributed by atoms with Crippen LogP contribution in [0.4, 0.5) is 4.79 Å². The van der Waals surface area contributed by atoms with Crippen LogP contribution in [0.2, 0.25) is 0 Å². The molecule has 1 aromatic carbocycles. The van der Waals surface area contributed by atoms with Gasteiger partial charge in [-0.05, 0) is 37.6 Å². The second-order valence-corrected chi connectivity index (χ2v) is 5.99. The number of benzene rings is 1. The molecular weight excluding hydrogens is 318 g/mol. The number of rotatable bonds is 5. The van der Waals surface area contributed by atoms with Crippen LogP contribution in [0.1, 0.15) is 25.5 Å². The number of urea groups is 1. The van der Waals surface area contributed by atoms with Crippen molar-refractivity contribution in [2.45, 2.75) is 26.0 Å². The van der Waals surface area contributed by atoms with Crippen LogP contribution in [0.25, 0.3) is 0 Å². The molecule has 0 bridgehead atoms. The van der Waals surface area contributed by atoms with Gasteiger partial charge in [0.15, 0.2) is 17.6 Å². The summed E-state index contributed by atoms with van der Waals surface area (Å²) in [6, 6.07) is 11.1. The highest BCUT2D eigenvalue weighted by Gasteiger charge is 2.25. The average molecular weight is 341 g/mol. The maximum absolute atomic E-state index is 12.6. The van der Waals surface area contributed by atoms with Gasteiger partial charge in [-0.2, -0.15) is 0 Å². The fourth-order valence-electron chi connectivity index (χ4n) is 2.75. The number of para-hydroxylation sites is 2. The van der Waals surface area contributed by atoms with Crippen LogP contribution in [-0.4, -0.2) is 41.7 Å². The molecule has 1 aliphatic heterocycles. The molecular formula is C19H23N3O3. The summed E-state index contributed by atoms with van der Waals surface area (Å²) in [6.45, 7) is 5.38. The smallest absolute Gasteiger partial charge is 0.317 e. The van der Waals surface area contributed by atoms with Gasteiger partial charge in [0.05, 0.1) is 12.6 Å². The summed E-state index contributed by atoms with van der Waals surface area (Å²) in [4.78, 5) is 18.4. The Morgan fingerprint density at radius 1 is 1.32 bits per heavy atom. The van der Waals surface area contributed by atoms with Gasteiger partial charge < -0.3 is 19.7 Å². The van der Waals surface area contributed by atoms with E-state index in [1.807, 2.05) is 50.2 Å². The number of carbonyl (C=O) groups excluding carboxylic acids is 1. The summed E-state index contributed by atoms with van der Waals surface area (Å²) in [5, 5.41) is 3.01. The van der Waals surface area contributed by atoms with E-state index in [1.54, 1.807) is 17.3 Å². The van der Waals surface area contributed by atoms with E-state index in [4.69, 9.17) is 9.47 Å². The van der Waals surface area contributed by atoms with Crippen molar-refractivity contribution in [2.75, 3.05) is 19.7 Å². The van der Waals surface area contributed by atoms with Gasteiger partial charge in [0.25, 0.3) is 0 Å². The Labute approximate surface area is 147 Å². The van der Waals surface area contributed by atoms with Gasteiger partial charge in [-0.25, -0.2) is 4.79 Å². The molecule has 25 heavy (non-hydrogen) atoms. The van der Waals surface area contributed by atoms with Gasteiger partial charge in [-0.3, -0.25) is 4.98 Å². The largest absolute Gasteiger partial charge is 0.486 e. The van der Waals surface area contributed by atoms with E-state index >= 15 is 0 Å². The fourth-order valence-corrected chi connectivity index (χ4v) is 2.75. The molecule has 1 aliphatic rings. The minimum absolute atomic E-state index is 0.112. The van der Waals surface area contributed by atoms with Crippen molar-refractivity contribution in [3.05, 3.63) is 54.4 Å².